The van der Waals surface area contributed by atoms with Gasteiger partial charge in [0.1, 0.15) is 0 Å². The summed E-state index contributed by atoms with van der Waals surface area (Å²) < 4.78 is 16.8. The molecular formula is C24H29NO4. The van der Waals surface area contributed by atoms with E-state index in [4.69, 9.17) is 14.2 Å². The Morgan fingerprint density at radius 2 is 1.76 bits per heavy atom. The highest BCUT2D eigenvalue weighted by atomic mass is 16.5. The van der Waals surface area contributed by atoms with E-state index in [-0.39, 0.29) is 5.78 Å². The highest BCUT2D eigenvalue weighted by Crippen LogP contribution is 2.39. The molecule has 1 heterocycles. The first kappa shape index (κ1) is 20.9. The third-order valence-electron chi connectivity index (χ3n) is 4.93. The van der Waals surface area contributed by atoms with Crippen LogP contribution in [0.5, 0.6) is 17.2 Å². The van der Waals surface area contributed by atoms with Gasteiger partial charge in [0.25, 0.3) is 0 Å². The second kappa shape index (κ2) is 10.1. The molecule has 0 saturated carbocycles. The van der Waals surface area contributed by atoms with E-state index in [1.807, 2.05) is 43.3 Å². The number of likely N-dealkylation sites (tertiary alicyclic amines) is 1. The van der Waals surface area contributed by atoms with Crippen LogP contribution < -0.4 is 14.2 Å². The van der Waals surface area contributed by atoms with Crippen molar-refractivity contribution in [3.8, 4) is 17.2 Å². The Morgan fingerprint density at radius 3 is 2.38 bits per heavy atom. The lowest BCUT2D eigenvalue weighted by Crippen LogP contribution is -2.35. The molecule has 2 aromatic rings. The van der Waals surface area contributed by atoms with Crippen LogP contribution in [0.25, 0.3) is 6.08 Å². The number of benzene rings is 2. The van der Waals surface area contributed by atoms with Crippen LogP contribution in [0, 0.1) is 0 Å². The smallest absolute Gasteiger partial charge is 0.203 e. The monoisotopic (exact) mass is 395 g/mol. The number of piperidine rings is 1. The maximum Gasteiger partial charge on any atom is 0.203 e. The van der Waals surface area contributed by atoms with E-state index in [9.17, 15) is 4.79 Å². The van der Waals surface area contributed by atoms with Gasteiger partial charge in [0.2, 0.25) is 5.75 Å². The molecule has 0 radical (unpaired) electrons. The highest BCUT2D eigenvalue weighted by molar-refractivity contribution is 6.00. The van der Waals surface area contributed by atoms with Gasteiger partial charge in [-0.2, -0.15) is 0 Å². The van der Waals surface area contributed by atoms with Crippen LogP contribution in [0.4, 0.5) is 0 Å². The Hall–Kier alpha value is -2.79. The number of carbonyl (C=O) groups is 1. The van der Waals surface area contributed by atoms with Gasteiger partial charge < -0.3 is 14.2 Å². The molecule has 0 atom stereocenters. The third-order valence-corrected chi connectivity index (χ3v) is 4.93. The fourth-order valence-corrected chi connectivity index (χ4v) is 3.46. The molecule has 0 unspecified atom stereocenters. The third kappa shape index (κ3) is 5.39. The first-order chi connectivity index (χ1) is 14.1. The standard InChI is InChI=1S/C24H29NO4/c1-4-12-29-24-22(27-2)14-19(15-23(24)28-3)13-20-17-25(11-10-21(20)26)16-18-8-6-5-7-9-18/h5-9,13-15H,4,10-12,16-17H2,1-3H3/b20-13+. The minimum absolute atomic E-state index is 0.193. The Morgan fingerprint density at radius 1 is 1.07 bits per heavy atom. The van der Waals surface area contributed by atoms with Gasteiger partial charge in [-0.05, 0) is 35.8 Å². The molecule has 5 heteroatoms. The number of nitrogens with zero attached hydrogens (tertiary/aromatic N) is 1. The van der Waals surface area contributed by atoms with Crippen LogP contribution in [0.2, 0.25) is 0 Å². The molecule has 0 bridgehead atoms. The largest absolute Gasteiger partial charge is 0.493 e. The van der Waals surface area contributed by atoms with Crippen molar-refractivity contribution in [2.75, 3.05) is 33.9 Å². The lowest BCUT2D eigenvalue weighted by Gasteiger charge is -2.28. The van der Waals surface area contributed by atoms with Gasteiger partial charge >= 0.3 is 0 Å². The second-order valence-electron chi connectivity index (χ2n) is 7.14. The number of hydrogen-bond donors (Lipinski definition) is 0. The molecule has 1 aliphatic heterocycles. The molecule has 0 spiro atoms. The quantitative estimate of drug-likeness (QED) is 0.622. The van der Waals surface area contributed by atoms with E-state index in [1.54, 1.807) is 14.2 Å². The van der Waals surface area contributed by atoms with Gasteiger partial charge in [-0.15, -0.1) is 0 Å². The molecule has 1 aliphatic rings. The van der Waals surface area contributed by atoms with Crippen molar-refractivity contribution in [2.24, 2.45) is 0 Å². The van der Waals surface area contributed by atoms with Crippen LogP contribution in [-0.2, 0) is 11.3 Å². The van der Waals surface area contributed by atoms with E-state index in [1.165, 1.54) is 5.56 Å². The zero-order valence-corrected chi connectivity index (χ0v) is 17.4. The maximum absolute atomic E-state index is 12.5. The van der Waals surface area contributed by atoms with Crippen molar-refractivity contribution in [1.82, 2.24) is 4.90 Å². The zero-order valence-electron chi connectivity index (χ0n) is 17.4. The summed E-state index contributed by atoms with van der Waals surface area (Å²) >= 11 is 0. The SMILES string of the molecule is CCCOc1c(OC)cc(/C=C2\CN(Cc3ccccc3)CCC2=O)cc1OC. The van der Waals surface area contributed by atoms with E-state index in [2.05, 4.69) is 17.0 Å². The molecule has 5 nitrogen and oxygen atoms in total. The number of rotatable bonds is 8. The van der Waals surface area contributed by atoms with Crippen LogP contribution >= 0.6 is 0 Å². The predicted molar refractivity (Wildman–Crippen MR) is 115 cm³/mol. The summed E-state index contributed by atoms with van der Waals surface area (Å²) in [5.74, 6) is 2.00. The fourth-order valence-electron chi connectivity index (χ4n) is 3.46. The van der Waals surface area contributed by atoms with Gasteiger partial charge in [0.15, 0.2) is 17.3 Å². The molecule has 0 aromatic heterocycles. The summed E-state index contributed by atoms with van der Waals surface area (Å²) in [4.78, 5) is 14.8. The van der Waals surface area contributed by atoms with Crippen LogP contribution in [0.15, 0.2) is 48.0 Å². The average Bonchev–Trinajstić information content (AvgIpc) is 2.75. The van der Waals surface area contributed by atoms with Crippen molar-refractivity contribution in [3.05, 3.63) is 59.2 Å². The molecule has 0 aliphatic carbocycles. The fraction of sp³-hybridized carbons (Fsp3) is 0.375. The molecule has 154 valence electrons. The molecule has 0 N–H and O–H groups in total. The maximum atomic E-state index is 12.5. The second-order valence-corrected chi connectivity index (χ2v) is 7.14. The number of carbonyl (C=O) groups excluding carboxylic acids is 1. The molecule has 1 saturated heterocycles. The van der Waals surface area contributed by atoms with E-state index in [0.717, 1.165) is 30.6 Å². The first-order valence-electron chi connectivity index (χ1n) is 10.0. The summed E-state index contributed by atoms with van der Waals surface area (Å²) in [6.45, 7) is 4.88. The van der Waals surface area contributed by atoms with E-state index >= 15 is 0 Å². The van der Waals surface area contributed by atoms with Crippen LogP contribution in [0.1, 0.15) is 30.9 Å². The number of ether oxygens (including phenoxy) is 3. The minimum atomic E-state index is 0.193. The first-order valence-corrected chi connectivity index (χ1v) is 10.0. The normalized spacial score (nSPS) is 16.1. The van der Waals surface area contributed by atoms with Crippen molar-refractivity contribution in [3.63, 3.8) is 0 Å². The Balaban J connectivity index is 1.84. The summed E-state index contributed by atoms with van der Waals surface area (Å²) in [7, 11) is 3.22. The Bertz CT molecular complexity index is 835. The van der Waals surface area contributed by atoms with Gasteiger partial charge in [0, 0.05) is 31.6 Å². The predicted octanol–water partition coefficient (Wildman–Crippen LogP) is 4.35. The molecule has 29 heavy (non-hydrogen) atoms. The lowest BCUT2D eigenvalue weighted by molar-refractivity contribution is -0.117. The summed E-state index contributed by atoms with van der Waals surface area (Å²) in [6.07, 6.45) is 3.36. The average molecular weight is 395 g/mol. The van der Waals surface area contributed by atoms with Crippen molar-refractivity contribution in [1.29, 1.82) is 0 Å². The lowest BCUT2D eigenvalue weighted by atomic mass is 9.99. The molecule has 0 amide bonds. The summed E-state index contributed by atoms with van der Waals surface area (Å²) in [6, 6.07) is 14.1. The van der Waals surface area contributed by atoms with Crippen molar-refractivity contribution in [2.45, 2.75) is 26.3 Å². The van der Waals surface area contributed by atoms with Crippen LogP contribution in [0.3, 0.4) is 0 Å². The summed E-state index contributed by atoms with van der Waals surface area (Å²) in [5, 5.41) is 0. The number of Topliss-reactive ketones (excluding diaryl/α,β-unsaturated/α-hetero) is 1. The van der Waals surface area contributed by atoms with Gasteiger partial charge in [-0.1, -0.05) is 37.3 Å². The topological polar surface area (TPSA) is 48.0 Å². The highest BCUT2D eigenvalue weighted by Gasteiger charge is 2.22. The van der Waals surface area contributed by atoms with Gasteiger partial charge in [-0.25, -0.2) is 0 Å². The molecular weight excluding hydrogens is 366 g/mol. The minimum Gasteiger partial charge on any atom is -0.493 e. The van der Waals surface area contributed by atoms with Gasteiger partial charge in [0.05, 0.1) is 20.8 Å². The molecule has 3 rings (SSSR count). The Labute approximate surface area is 172 Å². The van der Waals surface area contributed by atoms with E-state index < -0.39 is 0 Å². The number of hydrogen-bond acceptors (Lipinski definition) is 5. The van der Waals surface area contributed by atoms with Crippen molar-refractivity contribution >= 4 is 11.9 Å². The Kier molecular flexibility index (Phi) is 7.30. The van der Waals surface area contributed by atoms with Crippen LogP contribution in [-0.4, -0.2) is 44.6 Å². The van der Waals surface area contributed by atoms with Gasteiger partial charge in [-0.3, -0.25) is 9.69 Å². The van der Waals surface area contributed by atoms with E-state index in [0.29, 0.717) is 36.8 Å². The van der Waals surface area contributed by atoms with Crippen molar-refractivity contribution < 1.29 is 19.0 Å². The summed E-state index contributed by atoms with van der Waals surface area (Å²) in [5.41, 5.74) is 2.92. The number of ketones is 1. The molecule has 1 fully saturated rings. The zero-order chi connectivity index (χ0) is 20.6. The number of methoxy groups -OCH3 is 2. The molecule has 2 aromatic carbocycles.